The highest BCUT2D eigenvalue weighted by Crippen LogP contribution is 2.38. The fraction of sp³-hybridized carbons (Fsp3) is 0.965. The van der Waals surface area contributed by atoms with Gasteiger partial charge in [-0.2, -0.15) is 0 Å². The summed E-state index contributed by atoms with van der Waals surface area (Å²) in [6.45, 7) is 4.32. The number of rotatable bonds is 55. The van der Waals surface area contributed by atoms with E-state index >= 15 is 0 Å². The molecule has 67 heavy (non-hydrogen) atoms. The summed E-state index contributed by atoms with van der Waals surface area (Å²) in [5.74, 6) is -0.809. The minimum Gasteiger partial charge on any atom is -0.756 e. The first kappa shape index (κ1) is 66.0. The number of carbonyl (C=O) groups is 2. The van der Waals surface area contributed by atoms with Gasteiger partial charge < -0.3 is 27.9 Å². The molecule has 0 radical (unpaired) electrons. The zero-order valence-corrected chi connectivity index (χ0v) is 46.3. The summed E-state index contributed by atoms with van der Waals surface area (Å²) in [5, 5.41) is 0. The van der Waals surface area contributed by atoms with Crippen molar-refractivity contribution in [2.45, 2.75) is 309 Å². The quantitative estimate of drug-likeness (QED) is 0.0256. The predicted octanol–water partition coefficient (Wildman–Crippen LogP) is 17.2. The van der Waals surface area contributed by atoms with E-state index in [0.29, 0.717) is 17.4 Å². The topological polar surface area (TPSA) is 111 Å². The van der Waals surface area contributed by atoms with E-state index in [-0.39, 0.29) is 32.0 Å². The number of hydrogen-bond donors (Lipinski definition) is 0. The van der Waals surface area contributed by atoms with Crippen LogP contribution in [0.1, 0.15) is 303 Å². The minimum atomic E-state index is -4.63. The van der Waals surface area contributed by atoms with Gasteiger partial charge in [-0.05, 0) is 12.8 Å². The second kappa shape index (κ2) is 50.0. The van der Waals surface area contributed by atoms with Crippen LogP contribution in [-0.4, -0.2) is 70.0 Å². The maximum absolute atomic E-state index is 12.8. The summed E-state index contributed by atoms with van der Waals surface area (Å²) in [6, 6.07) is 0. The van der Waals surface area contributed by atoms with Gasteiger partial charge in [-0.3, -0.25) is 14.2 Å². The van der Waals surface area contributed by atoms with Gasteiger partial charge in [0.15, 0.2) is 6.10 Å². The third-order valence-corrected chi connectivity index (χ3v) is 14.3. The van der Waals surface area contributed by atoms with Gasteiger partial charge in [0.1, 0.15) is 19.8 Å². The van der Waals surface area contributed by atoms with E-state index in [1.165, 1.54) is 238 Å². The summed E-state index contributed by atoms with van der Waals surface area (Å²) in [7, 11) is 1.19. The van der Waals surface area contributed by atoms with E-state index in [1.54, 1.807) is 0 Å². The van der Waals surface area contributed by atoms with E-state index in [1.807, 2.05) is 21.1 Å². The number of likely N-dealkylation sites (N-methyl/N-ethyl adjacent to an activating group) is 1. The molecule has 10 heteroatoms. The Labute approximate surface area is 416 Å². The van der Waals surface area contributed by atoms with E-state index < -0.39 is 26.5 Å². The van der Waals surface area contributed by atoms with Crippen LogP contribution in [0, 0.1) is 0 Å². The number of nitrogens with zero attached hydrogens (tertiary/aromatic N) is 1. The van der Waals surface area contributed by atoms with Crippen LogP contribution in [0.5, 0.6) is 0 Å². The van der Waals surface area contributed by atoms with Gasteiger partial charge in [-0.1, -0.05) is 277 Å². The summed E-state index contributed by atoms with van der Waals surface area (Å²) >= 11 is 0. The molecule has 0 heterocycles. The summed E-state index contributed by atoms with van der Waals surface area (Å²) in [4.78, 5) is 37.9. The van der Waals surface area contributed by atoms with Gasteiger partial charge >= 0.3 is 11.9 Å². The van der Waals surface area contributed by atoms with Crippen LogP contribution >= 0.6 is 7.82 Å². The molecule has 0 amide bonds. The van der Waals surface area contributed by atoms with Crippen LogP contribution in [-0.2, 0) is 32.7 Å². The minimum absolute atomic E-state index is 0.0251. The Bertz CT molecular complexity index is 1100. The van der Waals surface area contributed by atoms with Gasteiger partial charge in [0.2, 0.25) is 0 Å². The molecule has 0 aliphatic heterocycles. The van der Waals surface area contributed by atoms with Crippen molar-refractivity contribution in [3.05, 3.63) is 0 Å². The predicted molar refractivity (Wildman–Crippen MR) is 282 cm³/mol. The van der Waals surface area contributed by atoms with Crippen molar-refractivity contribution >= 4 is 19.8 Å². The Kier molecular flexibility index (Phi) is 49.2. The number of carbonyl (C=O) groups excluding carboxylic acids is 2. The largest absolute Gasteiger partial charge is 0.756 e. The van der Waals surface area contributed by atoms with Gasteiger partial charge in [-0.25, -0.2) is 0 Å². The number of ether oxygens (including phenoxy) is 2. The Balaban J connectivity index is 4.10. The Morgan fingerprint density at radius 2 is 0.672 bits per heavy atom. The van der Waals surface area contributed by atoms with E-state index in [0.717, 1.165) is 32.1 Å². The smallest absolute Gasteiger partial charge is 0.306 e. The second-order valence-electron chi connectivity index (χ2n) is 21.4. The van der Waals surface area contributed by atoms with Crippen molar-refractivity contribution < 1.29 is 42.1 Å². The van der Waals surface area contributed by atoms with Crippen molar-refractivity contribution in [3.8, 4) is 0 Å². The maximum atomic E-state index is 12.8. The van der Waals surface area contributed by atoms with Crippen molar-refractivity contribution in [3.63, 3.8) is 0 Å². The van der Waals surface area contributed by atoms with Crippen LogP contribution in [0.2, 0.25) is 0 Å². The van der Waals surface area contributed by atoms with Crippen LogP contribution in [0.15, 0.2) is 0 Å². The highest BCUT2D eigenvalue weighted by atomic mass is 31.2. The highest BCUT2D eigenvalue weighted by molar-refractivity contribution is 7.45. The molecule has 0 aromatic heterocycles. The lowest BCUT2D eigenvalue weighted by Gasteiger charge is -2.28. The molecule has 2 atom stereocenters. The fourth-order valence-electron chi connectivity index (χ4n) is 8.84. The highest BCUT2D eigenvalue weighted by Gasteiger charge is 2.22. The van der Waals surface area contributed by atoms with Crippen molar-refractivity contribution in [1.82, 2.24) is 0 Å². The molecule has 2 unspecified atom stereocenters. The monoisotopic (exact) mass is 972 g/mol. The number of hydrogen-bond acceptors (Lipinski definition) is 8. The molecular weight excluding hydrogens is 858 g/mol. The normalized spacial score (nSPS) is 13.2. The molecule has 0 spiro atoms. The molecule has 0 saturated carbocycles. The average Bonchev–Trinajstić information content (AvgIpc) is 3.29. The van der Waals surface area contributed by atoms with Crippen LogP contribution in [0.3, 0.4) is 0 Å². The van der Waals surface area contributed by atoms with Crippen LogP contribution < -0.4 is 4.89 Å². The molecular formula is C57H114NO8P. The third-order valence-electron chi connectivity index (χ3n) is 13.4. The zero-order valence-electron chi connectivity index (χ0n) is 45.4. The lowest BCUT2D eigenvalue weighted by Crippen LogP contribution is -2.37. The molecule has 0 N–H and O–H groups in total. The lowest BCUT2D eigenvalue weighted by atomic mass is 10.0. The number of phosphoric acid groups is 1. The zero-order chi connectivity index (χ0) is 49.2. The van der Waals surface area contributed by atoms with Crippen molar-refractivity contribution in [1.29, 1.82) is 0 Å². The standard InChI is InChI=1S/C57H114NO8P/c1-6-8-10-12-14-16-18-20-22-24-26-28-29-30-32-34-36-38-40-42-44-46-48-50-57(60)66-55(54-65-67(61,62)64-52-51-58(3,4)5)53-63-56(59)49-47-45-43-41-39-37-35-33-31-27-25-23-21-19-17-15-13-11-9-7-2/h55H,6-54H2,1-5H3. The first-order chi connectivity index (χ1) is 32.5. The third kappa shape index (κ3) is 54.2. The van der Waals surface area contributed by atoms with Gasteiger partial charge in [0.05, 0.1) is 27.7 Å². The Hall–Kier alpha value is -0.990. The molecule has 0 bridgehead atoms. The summed E-state index contributed by atoms with van der Waals surface area (Å²) in [5.41, 5.74) is 0. The fourth-order valence-corrected chi connectivity index (χ4v) is 9.57. The number of esters is 2. The average molecular weight is 973 g/mol. The molecule has 400 valence electrons. The van der Waals surface area contributed by atoms with E-state index in [9.17, 15) is 19.0 Å². The van der Waals surface area contributed by atoms with Crippen LogP contribution in [0.25, 0.3) is 0 Å². The molecule has 0 aromatic rings. The SMILES string of the molecule is CCCCCCCCCCCCCCCCCCCCCCCCCC(=O)OC(COC(=O)CCCCCCCCCCCCCCCCCCCCCC)COP(=O)([O-])OCC[N+](C)(C)C. The molecule has 0 aliphatic rings. The van der Waals surface area contributed by atoms with E-state index in [2.05, 4.69) is 13.8 Å². The number of unbranched alkanes of at least 4 members (excludes halogenated alkanes) is 41. The van der Waals surface area contributed by atoms with Crippen LogP contribution in [0.4, 0.5) is 0 Å². The Morgan fingerprint density at radius 3 is 0.955 bits per heavy atom. The summed E-state index contributed by atoms with van der Waals surface area (Å²) < 4.78 is 34.2. The molecule has 0 aliphatic carbocycles. The van der Waals surface area contributed by atoms with Crippen molar-refractivity contribution in [2.24, 2.45) is 0 Å². The van der Waals surface area contributed by atoms with Gasteiger partial charge in [0.25, 0.3) is 7.82 Å². The first-order valence-corrected chi connectivity index (χ1v) is 30.7. The van der Waals surface area contributed by atoms with Gasteiger partial charge in [-0.15, -0.1) is 0 Å². The second-order valence-corrected chi connectivity index (χ2v) is 22.8. The Morgan fingerprint density at radius 1 is 0.403 bits per heavy atom. The first-order valence-electron chi connectivity index (χ1n) is 29.2. The molecule has 0 rings (SSSR count). The number of quaternary nitrogens is 1. The van der Waals surface area contributed by atoms with E-state index in [4.69, 9.17) is 18.5 Å². The molecule has 0 aromatic carbocycles. The van der Waals surface area contributed by atoms with Crippen molar-refractivity contribution in [2.75, 3.05) is 47.5 Å². The maximum Gasteiger partial charge on any atom is 0.306 e. The lowest BCUT2D eigenvalue weighted by molar-refractivity contribution is -0.870. The molecule has 0 fully saturated rings. The summed E-state index contributed by atoms with van der Waals surface area (Å²) in [6.07, 6.45) is 55.7. The molecule has 0 saturated heterocycles. The van der Waals surface area contributed by atoms with Gasteiger partial charge in [0, 0.05) is 12.8 Å². The number of phosphoric ester groups is 1. The molecule has 9 nitrogen and oxygen atoms in total.